The van der Waals surface area contributed by atoms with Gasteiger partial charge in [0.2, 0.25) is 0 Å². The van der Waals surface area contributed by atoms with Crippen LogP contribution in [0.15, 0.2) is 53.0 Å². The van der Waals surface area contributed by atoms with Crippen molar-refractivity contribution >= 4 is 21.8 Å². The molecule has 104 valence electrons. The molecule has 0 unspecified atom stereocenters. The number of nitrogens with one attached hydrogen (secondary N) is 1. The Morgan fingerprint density at radius 2 is 1.90 bits per heavy atom. The van der Waals surface area contributed by atoms with E-state index >= 15 is 0 Å². The molecule has 2 aromatic rings. The van der Waals surface area contributed by atoms with Crippen LogP contribution in [0.2, 0.25) is 0 Å². The van der Waals surface area contributed by atoms with E-state index in [9.17, 15) is 4.79 Å². The maximum Gasteiger partial charge on any atom is 0.251 e. The summed E-state index contributed by atoms with van der Waals surface area (Å²) in [5.74, 6) is -0.00587. The van der Waals surface area contributed by atoms with Crippen molar-refractivity contribution in [3.63, 3.8) is 0 Å². The third-order valence-electron chi connectivity index (χ3n) is 3.19. The Bertz CT molecular complexity index is 581. The van der Waals surface area contributed by atoms with E-state index in [4.69, 9.17) is 0 Å². The molecule has 0 aliphatic carbocycles. The minimum Gasteiger partial charge on any atom is -0.352 e. The summed E-state index contributed by atoms with van der Waals surface area (Å²) >= 11 is 3.44. The van der Waals surface area contributed by atoms with E-state index in [1.807, 2.05) is 43.3 Å². The highest BCUT2D eigenvalue weighted by Crippen LogP contribution is 2.16. The number of rotatable bonds is 5. The van der Waals surface area contributed by atoms with Gasteiger partial charge in [-0.3, -0.25) is 4.79 Å². The molecular weight excluding hydrogens is 314 g/mol. The van der Waals surface area contributed by atoms with Gasteiger partial charge in [0.15, 0.2) is 0 Å². The molecule has 2 aromatic carbocycles. The van der Waals surface area contributed by atoms with Crippen molar-refractivity contribution in [3.05, 3.63) is 69.7 Å². The molecule has 3 heteroatoms. The molecular formula is C17H18BrNO. The fourth-order valence-electron chi connectivity index (χ4n) is 2.03. The molecule has 0 radical (unpaired) electrons. The monoisotopic (exact) mass is 331 g/mol. The lowest BCUT2D eigenvalue weighted by molar-refractivity contribution is 0.0953. The highest BCUT2D eigenvalue weighted by molar-refractivity contribution is 9.10. The summed E-state index contributed by atoms with van der Waals surface area (Å²) in [4.78, 5) is 12.0. The molecule has 0 aromatic heterocycles. The van der Waals surface area contributed by atoms with Gasteiger partial charge in [0.25, 0.3) is 5.91 Å². The smallest absolute Gasteiger partial charge is 0.251 e. The molecule has 0 saturated carbocycles. The zero-order valence-electron chi connectivity index (χ0n) is 11.5. The van der Waals surface area contributed by atoms with Gasteiger partial charge in [-0.1, -0.05) is 46.3 Å². The fraction of sp³-hybridized carbons (Fsp3) is 0.235. The lowest BCUT2D eigenvalue weighted by Gasteiger charge is -2.07. The van der Waals surface area contributed by atoms with Crippen molar-refractivity contribution < 1.29 is 4.79 Å². The van der Waals surface area contributed by atoms with Crippen LogP contribution in [0.25, 0.3) is 0 Å². The van der Waals surface area contributed by atoms with Gasteiger partial charge < -0.3 is 5.32 Å². The Morgan fingerprint density at radius 1 is 1.15 bits per heavy atom. The average molecular weight is 332 g/mol. The predicted octanol–water partition coefficient (Wildman–Crippen LogP) is 4.12. The minimum atomic E-state index is -0.00587. The van der Waals surface area contributed by atoms with Crippen LogP contribution >= 0.6 is 15.9 Å². The second kappa shape index (κ2) is 7.25. The summed E-state index contributed by atoms with van der Waals surface area (Å²) in [7, 11) is 0. The van der Waals surface area contributed by atoms with Crippen LogP contribution in [0.1, 0.15) is 27.9 Å². The molecule has 0 spiro atoms. The maximum atomic E-state index is 12.0. The van der Waals surface area contributed by atoms with E-state index in [0.29, 0.717) is 12.1 Å². The number of carbonyl (C=O) groups is 1. The number of hydrogen-bond donors (Lipinski definition) is 1. The lowest BCUT2D eigenvalue weighted by Crippen LogP contribution is -2.24. The van der Waals surface area contributed by atoms with E-state index in [0.717, 1.165) is 22.9 Å². The molecule has 2 nitrogen and oxygen atoms in total. The van der Waals surface area contributed by atoms with Crippen LogP contribution in [0.5, 0.6) is 0 Å². The normalized spacial score (nSPS) is 10.3. The topological polar surface area (TPSA) is 29.1 Å². The van der Waals surface area contributed by atoms with Crippen molar-refractivity contribution in [2.75, 3.05) is 6.54 Å². The van der Waals surface area contributed by atoms with E-state index in [2.05, 4.69) is 33.4 Å². The number of benzene rings is 2. The van der Waals surface area contributed by atoms with Crippen molar-refractivity contribution in [1.82, 2.24) is 5.32 Å². The van der Waals surface area contributed by atoms with Crippen LogP contribution < -0.4 is 5.32 Å². The van der Waals surface area contributed by atoms with Crippen LogP contribution in [-0.2, 0) is 6.42 Å². The summed E-state index contributed by atoms with van der Waals surface area (Å²) < 4.78 is 1.03. The van der Waals surface area contributed by atoms with Crippen molar-refractivity contribution in [3.8, 4) is 0 Å². The van der Waals surface area contributed by atoms with Crippen LogP contribution in [0.4, 0.5) is 0 Å². The Hall–Kier alpha value is -1.61. The summed E-state index contributed by atoms with van der Waals surface area (Å²) in [6.45, 7) is 2.68. The number of halogens is 1. The van der Waals surface area contributed by atoms with Crippen molar-refractivity contribution in [2.45, 2.75) is 19.8 Å². The quantitative estimate of drug-likeness (QED) is 0.820. The fourth-order valence-corrected chi connectivity index (χ4v) is 2.27. The van der Waals surface area contributed by atoms with Gasteiger partial charge in [0, 0.05) is 16.6 Å². The van der Waals surface area contributed by atoms with Crippen LogP contribution in [-0.4, -0.2) is 12.5 Å². The van der Waals surface area contributed by atoms with Crippen LogP contribution in [0.3, 0.4) is 0 Å². The average Bonchev–Trinajstić information content (AvgIpc) is 2.47. The number of amides is 1. The Balaban J connectivity index is 1.79. The first-order valence-electron chi connectivity index (χ1n) is 6.75. The summed E-state index contributed by atoms with van der Waals surface area (Å²) in [6.07, 6.45) is 1.94. The number of carbonyl (C=O) groups excluding carboxylic acids is 1. The highest BCUT2D eigenvalue weighted by atomic mass is 79.9. The van der Waals surface area contributed by atoms with Gasteiger partial charge in [-0.2, -0.15) is 0 Å². The number of hydrogen-bond acceptors (Lipinski definition) is 1. The third-order valence-corrected chi connectivity index (χ3v) is 4.08. The molecule has 20 heavy (non-hydrogen) atoms. The first-order valence-corrected chi connectivity index (χ1v) is 7.54. The molecule has 0 bridgehead atoms. The molecule has 0 atom stereocenters. The Morgan fingerprint density at radius 3 is 2.60 bits per heavy atom. The van der Waals surface area contributed by atoms with Gasteiger partial charge in [0.1, 0.15) is 0 Å². The zero-order valence-corrected chi connectivity index (χ0v) is 13.1. The standard InChI is InChI=1S/C17H18BrNO/c1-13-12-15(9-10-16(13)18)17(20)19-11-5-8-14-6-3-2-4-7-14/h2-4,6-7,9-10,12H,5,8,11H2,1H3,(H,19,20). The minimum absolute atomic E-state index is 0.00587. The first kappa shape index (κ1) is 14.8. The second-order valence-electron chi connectivity index (χ2n) is 4.81. The van der Waals surface area contributed by atoms with Gasteiger partial charge in [-0.05, 0) is 49.1 Å². The van der Waals surface area contributed by atoms with E-state index < -0.39 is 0 Å². The molecule has 0 aliphatic heterocycles. The van der Waals surface area contributed by atoms with E-state index in [1.165, 1.54) is 5.56 Å². The van der Waals surface area contributed by atoms with Gasteiger partial charge in [-0.15, -0.1) is 0 Å². The second-order valence-corrected chi connectivity index (χ2v) is 5.66. The number of aryl methyl sites for hydroxylation is 2. The van der Waals surface area contributed by atoms with Gasteiger partial charge >= 0.3 is 0 Å². The summed E-state index contributed by atoms with van der Waals surface area (Å²) in [6, 6.07) is 16.0. The lowest BCUT2D eigenvalue weighted by atomic mass is 10.1. The Kier molecular flexibility index (Phi) is 5.36. The van der Waals surface area contributed by atoms with Gasteiger partial charge in [0.05, 0.1) is 0 Å². The maximum absolute atomic E-state index is 12.0. The predicted molar refractivity (Wildman–Crippen MR) is 86.0 cm³/mol. The Labute approximate surface area is 128 Å². The summed E-state index contributed by atoms with van der Waals surface area (Å²) in [5, 5.41) is 2.96. The summed E-state index contributed by atoms with van der Waals surface area (Å²) in [5.41, 5.74) is 3.09. The third kappa shape index (κ3) is 4.20. The molecule has 0 aliphatic rings. The zero-order chi connectivity index (χ0) is 14.4. The van der Waals surface area contributed by atoms with Crippen LogP contribution in [0, 0.1) is 6.92 Å². The molecule has 0 saturated heterocycles. The molecule has 2 rings (SSSR count). The first-order chi connectivity index (χ1) is 9.66. The molecule has 0 heterocycles. The molecule has 1 N–H and O–H groups in total. The molecule has 1 amide bonds. The SMILES string of the molecule is Cc1cc(C(=O)NCCCc2ccccc2)ccc1Br. The highest BCUT2D eigenvalue weighted by Gasteiger charge is 2.06. The van der Waals surface area contributed by atoms with Crippen molar-refractivity contribution in [1.29, 1.82) is 0 Å². The van der Waals surface area contributed by atoms with Crippen molar-refractivity contribution in [2.24, 2.45) is 0 Å². The van der Waals surface area contributed by atoms with E-state index in [1.54, 1.807) is 0 Å². The van der Waals surface area contributed by atoms with Gasteiger partial charge in [-0.25, -0.2) is 0 Å². The largest absolute Gasteiger partial charge is 0.352 e. The van der Waals surface area contributed by atoms with E-state index in [-0.39, 0.29) is 5.91 Å². The molecule has 0 fully saturated rings.